The number of carbonyl (C=O) groups is 2. The van der Waals surface area contributed by atoms with E-state index in [1.807, 2.05) is 35.9 Å². The van der Waals surface area contributed by atoms with Gasteiger partial charge in [0.25, 0.3) is 5.91 Å². The number of rotatable bonds is 7. The molecule has 2 amide bonds. The first-order valence-corrected chi connectivity index (χ1v) is 11.5. The molecule has 0 radical (unpaired) electrons. The fourth-order valence-corrected chi connectivity index (χ4v) is 4.17. The average molecular weight is 471 g/mol. The van der Waals surface area contributed by atoms with Crippen molar-refractivity contribution in [3.63, 3.8) is 0 Å². The van der Waals surface area contributed by atoms with Crippen molar-refractivity contribution >= 4 is 28.8 Å². The van der Waals surface area contributed by atoms with Gasteiger partial charge in [-0.15, -0.1) is 0 Å². The van der Waals surface area contributed by atoms with E-state index in [9.17, 15) is 9.59 Å². The highest BCUT2D eigenvalue weighted by Crippen LogP contribution is 2.34. The van der Waals surface area contributed by atoms with Gasteiger partial charge in [-0.25, -0.2) is 4.98 Å². The molecule has 5 rings (SSSR count). The van der Waals surface area contributed by atoms with Crippen LogP contribution in [0.1, 0.15) is 34.5 Å². The Labute approximate surface area is 203 Å². The number of nitrogens with zero attached hydrogens (tertiary/aromatic N) is 3. The van der Waals surface area contributed by atoms with Gasteiger partial charge in [0.15, 0.2) is 0 Å². The molecule has 8 heteroatoms. The molecule has 0 spiro atoms. The number of amides is 2. The van der Waals surface area contributed by atoms with Crippen LogP contribution in [0.15, 0.2) is 67.0 Å². The molecule has 1 aliphatic rings. The van der Waals surface area contributed by atoms with Crippen LogP contribution in [-0.2, 0) is 11.4 Å². The number of pyridine rings is 1. The number of carbonyl (C=O) groups excluding carboxylic acids is 2. The van der Waals surface area contributed by atoms with Crippen molar-refractivity contribution in [1.29, 1.82) is 0 Å². The summed E-state index contributed by atoms with van der Waals surface area (Å²) in [6.07, 6.45) is 5.34. The largest absolute Gasteiger partial charge is 0.494 e. The van der Waals surface area contributed by atoms with Crippen molar-refractivity contribution < 1.29 is 19.1 Å². The number of aromatic nitrogens is 2. The first-order valence-electron chi connectivity index (χ1n) is 11.5. The molecule has 0 bridgehead atoms. The van der Waals surface area contributed by atoms with Crippen LogP contribution in [0.5, 0.6) is 11.5 Å². The van der Waals surface area contributed by atoms with Crippen LogP contribution in [0.25, 0.3) is 5.65 Å². The van der Waals surface area contributed by atoms with E-state index in [1.165, 1.54) is 0 Å². The van der Waals surface area contributed by atoms with Crippen molar-refractivity contribution in [2.75, 3.05) is 23.9 Å². The second-order valence-electron chi connectivity index (χ2n) is 8.51. The molecule has 1 N–H and O–H groups in total. The highest BCUT2D eigenvalue weighted by molar-refractivity contribution is 6.05. The number of imidazole rings is 1. The fraction of sp³-hybridized carbons (Fsp3) is 0.222. The number of fused-ring (bicyclic) bond motifs is 1. The quantitative estimate of drug-likeness (QED) is 0.426. The number of nitrogens with one attached hydrogen (secondary N) is 1. The summed E-state index contributed by atoms with van der Waals surface area (Å²) in [5, 5.41) is 2.88. The summed E-state index contributed by atoms with van der Waals surface area (Å²) >= 11 is 0. The molecule has 3 heterocycles. The molecule has 1 saturated heterocycles. The molecular formula is C27H26N4O4. The van der Waals surface area contributed by atoms with Gasteiger partial charge < -0.3 is 24.1 Å². The third-order valence-corrected chi connectivity index (χ3v) is 5.95. The Hall–Kier alpha value is -4.33. The lowest BCUT2D eigenvalue weighted by Crippen LogP contribution is -2.24. The smallest absolute Gasteiger partial charge is 0.255 e. The van der Waals surface area contributed by atoms with Crippen LogP contribution in [0.4, 0.5) is 11.4 Å². The minimum Gasteiger partial charge on any atom is -0.494 e. The van der Waals surface area contributed by atoms with Crippen LogP contribution in [-0.4, -0.2) is 34.9 Å². The first kappa shape index (κ1) is 22.5. The van der Waals surface area contributed by atoms with Gasteiger partial charge in [-0.2, -0.15) is 0 Å². The molecule has 0 atom stereocenters. The number of ether oxygens (including phenoxy) is 2. The van der Waals surface area contributed by atoms with E-state index < -0.39 is 0 Å². The first-order chi connectivity index (χ1) is 17.0. The van der Waals surface area contributed by atoms with E-state index in [1.54, 1.807) is 54.5 Å². The number of anilines is 2. The Morgan fingerprint density at radius 1 is 1.09 bits per heavy atom. The van der Waals surface area contributed by atoms with E-state index in [0.717, 1.165) is 29.0 Å². The zero-order valence-corrected chi connectivity index (χ0v) is 19.7. The molecule has 35 heavy (non-hydrogen) atoms. The molecular weight excluding hydrogens is 444 g/mol. The number of aryl methyl sites for hydroxylation is 1. The third-order valence-electron chi connectivity index (χ3n) is 5.95. The van der Waals surface area contributed by atoms with Crippen LogP contribution >= 0.6 is 0 Å². The Balaban J connectivity index is 1.22. The maximum Gasteiger partial charge on any atom is 0.255 e. The van der Waals surface area contributed by atoms with Gasteiger partial charge in [0.2, 0.25) is 5.91 Å². The molecule has 1 aliphatic heterocycles. The minimum atomic E-state index is -0.251. The average Bonchev–Trinajstić information content (AvgIpc) is 3.48. The Kier molecular flexibility index (Phi) is 6.10. The second-order valence-corrected chi connectivity index (χ2v) is 8.51. The standard InChI is InChI=1S/C27H26N4O4/c1-18-5-12-25-28-21(16-30(25)15-18)17-35-22-9-6-19(7-10-22)27(33)29-20-8-11-23(24(14-20)34-2)31-13-3-4-26(31)32/h5-12,14-16H,3-4,13,17H2,1-2H3,(H,29,33). The summed E-state index contributed by atoms with van der Waals surface area (Å²) in [7, 11) is 1.55. The molecule has 178 valence electrons. The Morgan fingerprint density at radius 2 is 1.91 bits per heavy atom. The minimum absolute atomic E-state index is 0.0821. The van der Waals surface area contributed by atoms with Gasteiger partial charge in [0, 0.05) is 42.7 Å². The summed E-state index contributed by atoms with van der Waals surface area (Å²) in [4.78, 5) is 31.1. The van der Waals surface area contributed by atoms with Crippen molar-refractivity contribution in [1.82, 2.24) is 9.38 Å². The molecule has 0 unspecified atom stereocenters. The SMILES string of the molecule is COc1cc(NC(=O)c2ccc(OCc3cn4cc(C)ccc4n3)cc2)ccc1N1CCCC1=O. The number of hydrogen-bond acceptors (Lipinski definition) is 5. The normalized spacial score (nSPS) is 13.3. The highest BCUT2D eigenvalue weighted by Gasteiger charge is 2.24. The van der Waals surface area contributed by atoms with Gasteiger partial charge in [-0.05, 0) is 61.4 Å². The summed E-state index contributed by atoms with van der Waals surface area (Å²) in [5.41, 5.74) is 4.66. The third kappa shape index (κ3) is 4.82. The molecule has 2 aromatic heterocycles. The predicted molar refractivity (Wildman–Crippen MR) is 133 cm³/mol. The topological polar surface area (TPSA) is 85.2 Å². The van der Waals surface area contributed by atoms with Gasteiger partial charge in [0.05, 0.1) is 18.5 Å². The van der Waals surface area contributed by atoms with Crippen LogP contribution in [0.2, 0.25) is 0 Å². The summed E-state index contributed by atoms with van der Waals surface area (Å²) in [6, 6.07) is 16.3. The zero-order chi connectivity index (χ0) is 24.4. The van der Waals surface area contributed by atoms with Gasteiger partial charge in [0.1, 0.15) is 23.8 Å². The molecule has 8 nitrogen and oxygen atoms in total. The lowest BCUT2D eigenvalue weighted by Gasteiger charge is -2.19. The molecule has 0 aliphatic carbocycles. The monoisotopic (exact) mass is 470 g/mol. The fourth-order valence-electron chi connectivity index (χ4n) is 4.17. The summed E-state index contributed by atoms with van der Waals surface area (Å²) < 4.78 is 13.3. The summed E-state index contributed by atoms with van der Waals surface area (Å²) in [6.45, 7) is 3.04. The van der Waals surface area contributed by atoms with Crippen molar-refractivity contribution in [3.8, 4) is 11.5 Å². The van der Waals surface area contributed by atoms with E-state index >= 15 is 0 Å². The second kappa shape index (κ2) is 9.50. The highest BCUT2D eigenvalue weighted by atomic mass is 16.5. The van der Waals surface area contributed by atoms with E-state index in [-0.39, 0.29) is 11.8 Å². The maximum absolute atomic E-state index is 12.8. The van der Waals surface area contributed by atoms with Gasteiger partial charge in [-0.1, -0.05) is 6.07 Å². The molecule has 2 aromatic carbocycles. The van der Waals surface area contributed by atoms with Gasteiger partial charge in [-0.3, -0.25) is 9.59 Å². The zero-order valence-electron chi connectivity index (χ0n) is 19.7. The molecule has 1 fully saturated rings. The van der Waals surface area contributed by atoms with E-state index in [4.69, 9.17) is 9.47 Å². The van der Waals surface area contributed by atoms with Crippen LogP contribution in [0.3, 0.4) is 0 Å². The van der Waals surface area contributed by atoms with E-state index in [2.05, 4.69) is 10.3 Å². The van der Waals surface area contributed by atoms with Crippen molar-refractivity contribution in [2.45, 2.75) is 26.4 Å². The lowest BCUT2D eigenvalue weighted by molar-refractivity contribution is -0.117. The predicted octanol–water partition coefficient (Wildman–Crippen LogP) is 4.61. The number of benzene rings is 2. The van der Waals surface area contributed by atoms with Crippen LogP contribution < -0.4 is 19.7 Å². The van der Waals surface area contributed by atoms with E-state index in [0.29, 0.717) is 42.3 Å². The lowest BCUT2D eigenvalue weighted by atomic mass is 10.2. The maximum atomic E-state index is 12.8. The van der Waals surface area contributed by atoms with Gasteiger partial charge >= 0.3 is 0 Å². The Bertz CT molecular complexity index is 1390. The molecule has 4 aromatic rings. The van der Waals surface area contributed by atoms with Crippen molar-refractivity contribution in [3.05, 3.63) is 83.8 Å². The summed E-state index contributed by atoms with van der Waals surface area (Å²) in [5.74, 6) is 1.03. The Morgan fingerprint density at radius 3 is 2.66 bits per heavy atom. The molecule has 0 saturated carbocycles. The van der Waals surface area contributed by atoms with Crippen LogP contribution in [0, 0.1) is 6.92 Å². The van der Waals surface area contributed by atoms with Crippen molar-refractivity contribution in [2.24, 2.45) is 0 Å². The number of methoxy groups -OCH3 is 1. The number of hydrogen-bond donors (Lipinski definition) is 1.